The molecule has 35 heavy (non-hydrogen) atoms. The minimum absolute atomic E-state index is 0.0190. The van der Waals surface area contributed by atoms with Crippen LogP contribution >= 0.6 is 0 Å². The molecule has 8 heteroatoms. The minimum Gasteiger partial charge on any atom is -0.481 e. The van der Waals surface area contributed by atoms with Gasteiger partial charge in [-0.05, 0) is 68.7 Å². The van der Waals surface area contributed by atoms with Gasteiger partial charge in [0.25, 0.3) is 0 Å². The summed E-state index contributed by atoms with van der Waals surface area (Å²) in [5.41, 5.74) is 2.27. The third-order valence-corrected chi connectivity index (χ3v) is 6.60. The van der Waals surface area contributed by atoms with Gasteiger partial charge in [0.1, 0.15) is 17.7 Å². The van der Waals surface area contributed by atoms with E-state index in [0.717, 1.165) is 36.0 Å². The van der Waals surface area contributed by atoms with E-state index in [4.69, 9.17) is 9.47 Å². The zero-order valence-corrected chi connectivity index (χ0v) is 20.7. The van der Waals surface area contributed by atoms with E-state index < -0.39 is 23.8 Å². The van der Waals surface area contributed by atoms with E-state index in [1.165, 1.54) is 0 Å². The number of methoxy groups -OCH3 is 1. The van der Waals surface area contributed by atoms with Crippen LogP contribution in [-0.4, -0.2) is 52.7 Å². The van der Waals surface area contributed by atoms with Gasteiger partial charge in [-0.15, -0.1) is 0 Å². The number of carbonyl (C=O) groups excluding carboxylic acids is 2. The SMILES string of the molecule is COc1cc(-c2ccc(C[C@@H](C#N)NC(=O)[C@@H]3[C@H]4CC[C@H](C4)N3C(=O)OC(C)(C)C)cc2)ccn1. The highest BCUT2D eigenvalue weighted by molar-refractivity contribution is 5.87. The third-order valence-electron chi connectivity index (χ3n) is 6.60. The number of nitrogens with one attached hydrogen (secondary N) is 1. The first-order valence-corrected chi connectivity index (χ1v) is 12.0. The summed E-state index contributed by atoms with van der Waals surface area (Å²) in [5.74, 6) is 0.360. The van der Waals surface area contributed by atoms with Crippen LogP contribution in [0.2, 0.25) is 0 Å². The fourth-order valence-corrected chi connectivity index (χ4v) is 5.06. The van der Waals surface area contributed by atoms with Crippen molar-refractivity contribution in [2.45, 2.75) is 70.2 Å². The van der Waals surface area contributed by atoms with Crippen molar-refractivity contribution in [3.8, 4) is 23.1 Å². The van der Waals surface area contributed by atoms with Crippen molar-refractivity contribution in [3.63, 3.8) is 0 Å². The normalized spacial score (nSPS) is 21.8. The number of carbonyl (C=O) groups is 2. The van der Waals surface area contributed by atoms with Crippen LogP contribution in [0.1, 0.15) is 45.6 Å². The fraction of sp³-hybridized carbons (Fsp3) is 0.481. The van der Waals surface area contributed by atoms with Crippen molar-refractivity contribution in [2.24, 2.45) is 5.92 Å². The topological polar surface area (TPSA) is 105 Å². The molecule has 4 rings (SSSR count). The Morgan fingerprint density at radius 1 is 1.20 bits per heavy atom. The number of likely N-dealkylation sites (tertiary alicyclic amines) is 1. The molecule has 2 aliphatic rings. The second kappa shape index (κ2) is 9.95. The number of nitriles is 1. The van der Waals surface area contributed by atoms with Crippen molar-refractivity contribution in [1.29, 1.82) is 5.26 Å². The molecule has 2 heterocycles. The van der Waals surface area contributed by atoms with Crippen molar-refractivity contribution >= 4 is 12.0 Å². The van der Waals surface area contributed by atoms with Gasteiger partial charge in [-0.2, -0.15) is 5.26 Å². The van der Waals surface area contributed by atoms with E-state index in [2.05, 4.69) is 16.4 Å². The van der Waals surface area contributed by atoms with Gasteiger partial charge in [-0.25, -0.2) is 9.78 Å². The van der Waals surface area contributed by atoms with Crippen LogP contribution in [0.4, 0.5) is 4.79 Å². The average molecular weight is 477 g/mol. The molecule has 8 nitrogen and oxygen atoms in total. The molecule has 1 aliphatic heterocycles. The van der Waals surface area contributed by atoms with Gasteiger partial charge in [-0.1, -0.05) is 24.3 Å². The molecule has 1 saturated heterocycles. The lowest BCUT2D eigenvalue weighted by molar-refractivity contribution is -0.128. The van der Waals surface area contributed by atoms with Gasteiger partial charge in [0.2, 0.25) is 11.8 Å². The molecule has 1 aliphatic carbocycles. The highest BCUT2D eigenvalue weighted by Crippen LogP contribution is 2.43. The lowest BCUT2D eigenvalue weighted by Crippen LogP contribution is -2.55. The number of nitrogens with zero attached hydrogens (tertiary/aromatic N) is 3. The van der Waals surface area contributed by atoms with Gasteiger partial charge >= 0.3 is 6.09 Å². The molecular formula is C27H32N4O4. The first-order chi connectivity index (χ1) is 16.7. The lowest BCUT2D eigenvalue weighted by atomic mass is 9.97. The summed E-state index contributed by atoms with van der Waals surface area (Å²) < 4.78 is 10.8. The Morgan fingerprint density at radius 3 is 2.60 bits per heavy atom. The maximum atomic E-state index is 13.2. The first-order valence-electron chi connectivity index (χ1n) is 12.0. The quantitative estimate of drug-likeness (QED) is 0.673. The van der Waals surface area contributed by atoms with Gasteiger partial charge in [0.15, 0.2) is 0 Å². The van der Waals surface area contributed by atoms with Gasteiger partial charge in [0, 0.05) is 24.7 Å². The number of rotatable bonds is 6. The number of benzene rings is 1. The van der Waals surface area contributed by atoms with Gasteiger partial charge in [0.05, 0.1) is 13.2 Å². The van der Waals surface area contributed by atoms with Crippen molar-refractivity contribution in [1.82, 2.24) is 15.2 Å². The molecule has 2 fully saturated rings. The van der Waals surface area contributed by atoms with Crippen LogP contribution in [0, 0.1) is 17.2 Å². The molecule has 1 aromatic carbocycles. The molecule has 4 atom stereocenters. The van der Waals surface area contributed by atoms with E-state index >= 15 is 0 Å². The number of aromatic nitrogens is 1. The Bertz CT molecular complexity index is 1120. The smallest absolute Gasteiger partial charge is 0.411 e. The summed E-state index contributed by atoms with van der Waals surface area (Å²) in [6.45, 7) is 5.45. The number of amides is 2. The summed E-state index contributed by atoms with van der Waals surface area (Å²) in [7, 11) is 1.58. The average Bonchev–Trinajstić information content (AvgIpc) is 3.45. The van der Waals surface area contributed by atoms with E-state index in [-0.39, 0.29) is 17.9 Å². The monoisotopic (exact) mass is 476 g/mol. The van der Waals surface area contributed by atoms with E-state index in [9.17, 15) is 14.9 Å². The lowest BCUT2D eigenvalue weighted by Gasteiger charge is -2.35. The standard InChI is InChI=1S/C27H32N4O4/c1-27(2,3)35-26(33)31-22-10-9-20(14-22)24(31)25(32)30-21(16-28)13-17-5-7-18(8-6-17)19-11-12-29-23(15-19)34-4/h5-8,11-12,15,20-22,24H,9-10,13-14H2,1-4H3,(H,30,32)/t20-,21-,22+,24-/m0/s1. The number of piperidine rings is 1. The molecule has 0 radical (unpaired) electrons. The number of ether oxygens (including phenoxy) is 2. The van der Waals surface area contributed by atoms with Crippen molar-refractivity contribution in [3.05, 3.63) is 48.2 Å². The number of pyridine rings is 1. The second-order valence-electron chi connectivity index (χ2n) is 10.2. The van der Waals surface area contributed by atoms with Crippen LogP contribution in [0.5, 0.6) is 5.88 Å². The zero-order valence-electron chi connectivity index (χ0n) is 20.7. The van der Waals surface area contributed by atoms with Gasteiger partial charge in [-0.3, -0.25) is 9.69 Å². The van der Waals surface area contributed by atoms with E-state index in [1.807, 2.05) is 57.2 Å². The summed E-state index contributed by atoms with van der Waals surface area (Å²) >= 11 is 0. The number of hydrogen-bond donors (Lipinski definition) is 1. The Balaban J connectivity index is 1.42. The molecular weight excluding hydrogens is 444 g/mol. The molecule has 1 N–H and O–H groups in total. The van der Waals surface area contributed by atoms with Crippen LogP contribution in [0.25, 0.3) is 11.1 Å². The molecule has 184 valence electrons. The zero-order chi connectivity index (χ0) is 25.2. The highest BCUT2D eigenvalue weighted by Gasteiger charge is 2.52. The van der Waals surface area contributed by atoms with Crippen LogP contribution in [0.3, 0.4) is 0 Å². The maximum absolute atomic E-state index is 13.2. The largest absolute Gasteiger partial charge is 0.481 e. The van der Waals surface area contributed by atoms with Crippen molar-refractivity contribution < 1.29 is 19.1 Å². The van der Waals surface area contributed by atoms with Gasteiger partial charge < -0.3 is 14.8 Å². The number of fused-ring (bicyclic) bond motifs is 2. The van der Waals surface area contributed by atoms with E-state index in [0.29, 0.717) is 12.3 Å². The summed E-state index contributed by atoms with van der Waals surface area (Å²) in [6.07, 6.45) is 4.19. The van der Waals surface area contributed by atoms with E-state index in [1.54, 1.807) is 18.2 Å². The maximum Gasteiger partial charge on any atom is 0.411 e. The molecule has 2 aromatic rings. The molecule has 2 amide bonds. The Hall–Kier alpha value is -3.60. The highest BCUT2D eigenvalue weighted by atomic mass is 16.6. The fourth-order valence-electron chi connectivity index (χ4n) is 5.06. The summed E-state index contributed by atoms with van der Waals surface area (Å²) in [5, 5.41) is 12.6. The molecule has 0 spiro atoms. The molecule has 0 unspecified atom stereocenters. The predicted molar refractivity (Wildman–Crippen MR) is 130 cm³/mol. The Kier molecular flexibility index (Phi) is 6.97. The van der Waals surface area contributed by atoms with Crippen LogP contribution in [0.15, 0.2) is 42.6 Å². The predicted octanol–water partition coefficient (Wildman–Crippen LogP) is 4.10. The number of hydrogen-bond acceptors (Lipinski definition) is 6. The van der Waals surface area contributed by atoms with Crippen LogP contribution in [-0.2, 0) is 16.0 Å². The third kappa shape index (κ3) is 5.56. The molecule has 1 saturated carbocycles. The Morgan fingerprint density at radius 2 is 1.94 bits per heavy atom. The Labute approximate surface area is 206 Å². The minimum atomic E-state index is -0.700. The summed E-state index contributed by atoms with van der Waals surface area (Å²) in [4.78, 5) is 31.8. The van der Waals surface area contributed by atoms with Crippen LogP contribution < -0.4 is 10.1 Å². The second-order valence-corrected chi connectivity index (χ2v) is 10.2. The van der Waals surface area contributed by atoms with Crippen molar-refractivity contribution in [2.75, 3.05) is 7.11 Å². The molecule has 2 bridgehead atoms. The summed E-state index contributed by atoms with van der Waals surface area (Å²) in [6, 6.07) is 12.5. The first kappa shape index (κ1) is 24.5. The molecule has 1 aromatic heterocycles.